The Morgan fingerprint density at radius 2 is 1.65 bits per heavy atom. The normalized spacial score (nSPS) is 11.1. The van der Waals surface area contributed by atoms with E-state index in [0.29, 0.717) is 17.1 Å². The molecular formula is C22H21N5O4. The molecule has 158 valence electrons. The van der Waals surface area contributed by atoms with Gasteiger partial charge in [-0.15, -0.1) is 0 Å². The number of benzene rings is 2. The second-order valence-electron chi connectivity index (χ2n) is 6.47. The molecule has 9 nitrogen and oxygen atoms in total. The molecule has 0 spiro atoms. The van der Waals surface area contributed by atoms with Gasteiger partial charge in [0, 0.05) is 6.20 Å². The Balaban J connectivity index is 1.65. The number of rotatable bonds is 7. The van der Waals surface area contributed by atoms with Crippen LogP contribution >= 0.6 is 0 Å². The van der Waals surface area contributed by atoms with Crippen LogP contribution in [0, 0.1) is 0 Å². The Kier molecular flexibility index (Phi) is 7.15. The quantitative estimate of drug-likeness (QED) is 0.436. The fraction of sp³-hybridized carbons (Fsp3) is 0.0909. The van der Waals surface area contributed by atoms with E-state index in [1.165, 1.54) is 12.3 Å². The zero-order valence-corrected chi connectivity index (χ0v) is 16.4. The molecule has 5 N–H and O–H groups in total. The molecule has 0 aliphatic rings. The standard InChI is InChI=1S/C22H21N5O4/c23-22(30)25-19(14-20(28)26-27-21(29)18-11-4-5-12-24-18)15-7-6-10-17(13-15)31-16-8-2-1-3-9-16/h1-13,19H,14H2,(H,26,28)(H,27,29)(H3,23,25,30)/t19-/m1/s1. The van der Waals surface area contributed by atoms with E-state index in [1.54, 1.807) is 36.4 Å². The van der Waals surface area contributed by atoms with Crippen LogP contribution in [0.25, 0.3) is 0 Å². The fourth-order valence-corrected chi connectivity index (χ4v) is 2.77. The second-order valence-corrected chi connectivity index (χ2v) is 6.47. The van der Waals surface area contributed by atoms with Crippen LogP contribution in [0.1, 0.15) is 28.5 Å². The maximum Gasteiger partial charge on any atom is 0.312 e. The second kappa shape index (κ2) is 10.4. The summed E-state index contributed by atoms with van der Waals surface area (Å²) in [5.74, 6) is 0.0851. The van der Waals surface area contributed by atoms with E-state index in [-0.39, 0.29) is 12.1 Å². The molecule has 9 heteroatoms. The van der Waals surface area contributed by atoms with Crippen molar-refractivity contribution in [2.75, 3.05) is 0 Å². The van der Waals surface area contributed by atoms with Gasteiger partial charge in [0.1, 0.15) is 17.2 Å². The first-order valence-corrected chi connectivity index (χ1v) is 9.40. The molecule has 31 heavy (non-hydrogen) atoms. The number of pyridine rings is 1. The van der Waals surface area contributed by atoms with Crippen molar-refractivity contribution in [1.29, 1.82) is 0 Å². The van der Waals surface area contributed by atoms with Gasteiger partial charge in [-0.3, -0.25) is 25.4 Å². The van der Waals surface area contributed by atoms with Gasteiger partial charge in [-0.05, 0) is 42.0 Å². The topological polar surface area (TPSA) is 135 Å². The molecule has 0 aliphatic carbocycles. The molecule has 3 rings (SSSR count). The zero-order valence-electron chi connectivity index (χ0n) is 16.4. The lowest BCUT2D eigenvalue weighted by Crippen LogP contribution is -2.44. The van der Waals surface area contributed by atoms with E-state index >= 15 is 0 Å². The number of carbonyl (C=O) groups is 3. The molecule has 0 unspecified atom stereocenters. The van der Waals surface area contributed by atoms with Crippen molar-refractivity contribution >= 4 is 17.8 Å². The molecule has 3 aromatic rings. The van der Waals surface area contributed by atoms with Gasteiger partial charge in [0.2, 0.25) is 5.91 Å². The molecule has 1 heterocycles. The van der Waals surface area contributed by atoms with Gasteiger partial charge in [-0.25, -0.2) is 4.79 Å². The Morgan fingerprint density at radius 3 is 2.35 bits per heavy atom. The molecule has 0 bridgehead atoms. The monoisotopic (exact) mass is 419 g/mol. The van der Waals surface area contributed by atoms with E-state index in [0.717, 1.165) is 0 Å². The van der Waals surface area contributed by atoms with Crippen LogP contribution in [0.4, 0.5) is 4.79 Å². The summed E-state index contributed by atoms with van der Waals surface area (Å²) in [6.07, 6.45) is 1.30. The number of amides is 4. The average Bonchev–Trinajstić information content (AvgIpc) is 2.78. The number of hydrogen-bond acceptors (Lipinski definition) is 5. The minimum absolute atomic E-state index is 0.153. The van der Waals surface area contributed by atoms with Crippen LogP contribution in [0.5, 0.6) is 11.5 Å². The number of nitrogens with two attached hydrogens (primary N) is 1. The van der Waals surface area contributed by atoms with Gasteiger partial charge in [0.25, 0.3) is 5.91 Å². The highest BCUT2D eigenvalue weighted by atomic mass is 16.5. The highest BCUT2D eigenvalue weighted by Crippen LogP contribution is 2.25. The number of hydrazine groups is 1. The third-order valence-electron chi connectivity index (χ3n) is 4.16. The molecule has 1 atom stereocenters. The summed E-state index contributed by atoms with van der Waals surface area (Å²) in [5, 5.41) is 2.53. The molecule has 1 aromatic heterocycles. The first-order chi connectivity index (χ1) is 15.0. The highest BCUT2D eigenvalue weighted by Gasteiger charge is 2.19. The van der Waals surface area contributed by atoms with Crippen LogP contribution in [0.3, 0.4) is 0 Å². The van der Waals surface area contributed by atoms with Crippen molar-refractivity contribution < 1.29 is 19.1 Å². The fourth-order valence-electron chi connectivity index (χ4n) is 2.77. The number of carbonyl (C=O) groups excluding carboxylic acids is 3. The van der Waals surface area contributed by atoms with Crippen LogP contribution in [0.15, 0.2) is 79.0 Å². The Labute approximate surface area is 178 Å². The number of aromatic nitrogens is 1. The summed E-state index contributed by atoms with van der Waals surface area (Å²) in [7, 11) is 0. The van der Waals surface area contributed by atoms with Gasteiger partial charge in [-0.1, -0.05) is 36.4 Å². The summed E-state index contributed by atoms with van der Waals surface area (Å²) >= 11 is 0. The van der Waals surface area contributed by atoms with E-state index in [9.17, 15) is 14.4 Å². The minimum Gasteiger partial charge on any atom is -0.457 e. The first kappa shape index (κ1) is 21.3. The maximum absolute atomic E-state index is 12.4. The Morgan fingerprint density at radius 1 is 0.903 bits per heavy atom. The van der Waals surface area contributed by atoms with Crippen LogP contribution < -0.4 is 26.6 Å². The van der Waals surface area contributed by atoms with Crippen LogP contribution in [0.2, 0.25) is 0 Å². The predicted molar refractivity (Wildman–Crippen MR) is 113 cm³/mol. The van der Waals surface area contributed by atoms with E-state index in [2.05, 4.69) is 21.2 Å². The minimum atomic E-state index is -0.787. The van der Waals surface area contributed by atoms with Gasteiger partial charge >= 0.3 is 6.03 Å². The van der Waals surface area contributed by atoms with Crippen molar-refractivity contribution in [3.8, 4) is 11.5 Å². The number of primary amides is 1. The number of urea groups is 1. The lowest BCUT2D eigenvalue weighted by Gasteiger charge is -2.19. The summed E-state index contributed by atoms with van der Waals surface area (Å²) in [5.41, 5.74) is 10.6. The van der Waals surface area contributed by atoms with Crippen molar-refractivity contribution in [1.82, 2.24) is 21.2 Å². The number of hydrogen-bond donors (Lipinski definition) is 4. The number of nitrogens with zero attached hydrogens (tertiary/aromatic N) is 1. The highest BCUT2D eigenvalue weighted by molar-refractivity contribution is 5.93. The summed E-state index contributed by atoms with van der Waals surface area (Å²) in [4.78, 5) is 39.7. The SMILES string of the molecule is NC(=O)N[C@H](CC(=O)NNC(=O)c1ccccn1)c1cccc(Oc2ccccc2)c1. The van der Waals surface area contributed by atoms with Gasteiger partial charge < -0.3 is 15.8 Å². The Bertz CT molecular complexity index is 1040. The van der Waals surface area contributed by atoms with E-state index in [4.69, 9.17) is 10.5 Å². The molecule has 2 aromatic carbocycles. The predicted octanol–water partition coefficient (Wildman–Crippen LogP) is 2.43. The largest absolute Gasteiger partial charge is 0.457 e. The molecule has 4 amide bonds. The number of para-hydroxylation sites is 1. The van der Waals surface area contributed by atoms with Crippen LogP contribution in [-0.4, -0.2) is 22.8 Å². The van der Waals surface area contributed by atoms with Gasteiger partial charge in [-0.2, -0.15) is 0 Å². The lowest BCUT2D eigenvalue weighted by molar-refractivity contribution is -0.122. The number of ether oxygens (including phenoxy) is 1. The van der Waals surface area contributed by atoms with Crippen molar-refractivity contribution in [2.45, 2.75) is 12.5 Å². The molecule has 0 saturated carbocycles. The van der Waals surface area contributed by atoms with Crippen molar-refractivity contribution in [3.05, 3.63) is 90.3 Å². The summed E-state index contributed by atoms with van der Waals surface area (Å²) in [6, 6.07) is 19.4. The average molecular weight is 419 g/mol. The number of nitrogens with one attached hydrogen (secondary N) is 3. The molecular weight excluding hydrogens is 398 g/mol. The summed E-state index contributed by atoms with van der Waals surface area (Å²) < 4.78 is 5.80. The van der Waals surface area contributed by atoms with Crippen LogP contribution in [-0.2, 0) is 4.79 Å². The molecule has 0 fully saturated rings. The molecule has 0 saturated heterocycles. The molecule has 0 radical (unpaired) electrons. The third kappa shape index (κ3) is 6.57. The van der Waals surface area contributed by atoms with Crippen molar-refractivity contribution in [2.24, 2.45) is 5.73 Å². The van der Waals surface area contributed by atoms with Gasteiger partial charge in [0.05, 0.1) is 12.5 Å². The zero-order chi connectivity index (χ0) is 22.1. The third-order valence-corrected chi connectivity index (χ3v) is 4.16. The Hall–Kier alpha value is -4.40. The van der Waals surface area contributed by atoms with Crippen molar-refractivity contribution in [3.63, 3.8) is 0 Å². The smallest absolute Gasteiger partial charge is 0.312 e. The lowest BCUT2D eigenvalue weighted by atomic mass is 10.0. The maximum atomic E-state index is 12.4. The van der Waals surface area contributed by atoms with E-state index < -0.39 is 23.9 Å². The first-order valence-electron chi connectivity index (χ1n) is 9.40. The summed E-state index contributed by atoms with van der Waals surface area (Å²) in [6.45, 7) is 0. The van der Waals surface area contributed by atoms with E-state index in [1.807, 2.05) is 30.3 Å². The van der Waals surface area contributed by atoms with Gasteiger partial charge in [0.15, 0.2) is 0 Å². The molecule has 0 aliphatic heterocycles.